The minimum absolute atomic E-state index is 0.0332. The molecule has 1 amide bonds. The monoisotopic (exact) mass is 329 g/mol. The number of phosphoric ester groups is 1. The predicted octanol–water partition coefficient (Wildman–Crippen LogP) is 1.79. The molecule has 0 aliphatic heterocycles. The van der Waals surface area contributed by atoms with Gasteiger partial charge < -0.3 is 9.42 Å². The molecule has 1 N–H and O–H groups in total. The Balaban J connectivity index is 2.83. The van der Waals surface area contributed by atoms with Gasteiger partial charge in [0.25, 0.3) is 0 Å². The molecule has 0 saturated carbocycles. The smallest absolute Gasteiger partial charge is 0.404 e. The largest absolute Gasteiger partial charge is 0.527 e. The van der Waals surface area contributed by atoms with Gasteiger partial charge in [-0.25, -0.2) is 4.57 Å². The molecule has 1 rings (SSSR count). The van der Waals surface area contributed by atoms with Crippen molar-refractivity contribution in [3.8, 4) is 5.75 Å². The number of rotatable bonds is 9. The predicted molar refractivity (Wildman–Crippen MR) is 80.5 cm³/mol. The molecule has 0 aliphatic rings. The van der Waals surface area contributed by atoms with E-state index in [1.807, 2.05) is 0 Å². The molecule has 22 heavy (non-hydrogen) atoms. The zero-order valence-corrected chi connectivity index (χ0v) is 13.7. The highest BCUT2D eigenvalue weighted by Gasteiger charge is 2.22. The van der Waals surface area contributed by atoms with Gasteiger partial charge in [0, 0.05) is 20.6 Å². The highest BCUT2D eigenvalue weighted by molar-refractivity contribution is 7.47. The van der Waals surface area contributed by atoms with Crippen LogP contribution >= 0.6 is 7.82 Å². The normalized spacial score (nSPS) is 14.7. The molecule has 0 saturated heterocycles. The molecule has 0 aliphatic carbocycles. The molecule has 2 atom stereocenters. The maximum atomic E-state index is 11.9. The summed E-state index contributed by atoms with van der Waals surface area (Å²) >= 11 is 0. The Morgan fingerprint density at radius 2 is 2.00 bits per heavy atom. The van der Waals surface area contributed by atoms with Crippen molar-refractivity contribution in [3.05, 3.63) is 29.8 Å². The summed E-state index contributed by atoms with van der Waals surface area (Å²) in [4.78, 5) is 33.3. The number of amides is 1. The third-order valence-electron chi connectivity index (χ3n) is 3.18. The Hall–Kier alpha value is -1.69. The molecule has 2 unspecified atom stereocenters. The number of hydrogen-bond acceptors (Lipinski definition) is 5. The first-order valence-electron chi connectivity index (χ1n) is 6.70. The molecule has 0 spiro atoms. The summed E-state index contributed by atoms with van der Waals surface area (Å²) < 4.78 is 20.4. The number of Topliss-reactive ketones (excluding diaryl/α,β-unsaturated/α-hetero) is 1. The molecule has 1 aromatic carbocycles. The molecule has 0 radical (unpaired) electrons. The van der Waals surface area contributed by atoms with E-state index in [0.29, 0.717) is 19.3 Å². The lowest BCUT2D eigenvalue weighted by molar-refractivity contribution is -0.130. The Bertz CT molecular complexity index is 559. The van der Waals surface area contributed by atoms with Crippen molar-refractivity contribution in [2.24, 2.45) is 0 Å². The molecule has 0 bridgehead atoms. The van der Waals surface area contributed by atoms with Crippen LogP contribution in [-0.4, -0.2) is 42.2 Å². The topological polar surface area (TPSA) is 93.1 Å². The van der Waals surface area contributed by atoms with Crippen LogP contribution in [0.4, 0.5) is 0 Å². The Morgan fingerprint density at radius 1 is 1.41 bits per heavy atom. The van der Waals surface area contributed by atoms with Crippen molar-refractivity contribution in [1.29, 1.82) is 0 Å². The average Bonchev–Trinajstić information content (AvgIpc) is 2.52. The van der Waals surface area contributed by atoms with Crippen LogP contribution in [-0.2, 0) is 25.1 Å². The summed E-state index contributed by atoms with van der Waals surface area (Å²) in [5.74, 6) is 0.146. The van der Waals surface area contributed by atoms with Gasteiger partial charge in [0.1, 0.15) is 5.75 Å². The standard InChI is InChI=1S/C14H20NO6P/c1-4-14(17)13(15(2)10-16)9-11-5-7-12(8-6-11)21-22(18,19)20-3/h5-8,10,13H,4,9H2,1-3H3,(H,18,19). The van der Waals surface area contributed by atoms with Gasteiger partial charge in [0.05, 0.1) is 6.04 Å². The summed E-state index contributed by atoms with van der Waals surface area (Å²) in [6.45, 7) is 1.74. The number of nitrogens with zero attached hydrogens (tertiary/aromatic N) is 1. The minimum atomic E-state index is -4.09. The van der Waals surface area contributed by atoms with Crippen molar-refractivity contribution in [1.82, 2.24) is 4.90 Å². The molecule has 7 nitrogen and oxygen atoms in total. The number of carbonyl (C=O) groups excluding carboxylic acids is 2. The Kier molecular flexibility index (Phi) is 6.74. The lowest BCUT2D eigenvalue weighted by atomic mass is 10.00. The number of likely N-dealkylation sites (N-methyl/N-ethyl adjacent to an activating group) is 1. The van der Waals surface area contributed by atoms with Crippen LogP contribution < -0.4 is 4.52 Å². The quantitative estimate of drug-likeness (QED) is 0.548. The molecule has 0 aromatic heterocycles. The lowest BCUT2D eigenvalue weighted by Crippen LogP contribution is -2.39. The van der Waals surface area contributed by atoms with Crippen LogP contribution in [0.15, 0.2) is 24.3 Å². The van der Waals surface area contributed by atoms with Gasteiger partial charge in [-0.3, -0.25) is 19.0 Å². The fourth-order valence-electron chi connectivity index (χ4n) is 1.87. The summed E-state index contributed by atoms with van der Waals surface area (Å²) in [6, 6.07) is 5.81. The molecular weight excluding hydrogens is 309 g/mol. The summed E-state index contributed by atoms with van der Waals surface area (Å²) in [6.07, 6.45) is 1.32. The van der Waals surface area contributed by atoms with E-state index in [4.69, 9.17) is 4.52 Å². The van der Waals surface area contributed by atoms with E-state index in [1.54, 1.807) is 26.1 Å². The summed E-state index contributed by atoms with van der Waals surface area (Å²) in [5, 5.41) is 0. The van der Waals surface area contributed by atoms with Crippen molar-refractivity contribution in [3.63, 3.8) is 0 Å². The zero-order valence-electron chi connectivity index (χ0n) is 12.8. The van der Waals surface area contributed by atoms with E-state index < -0.39 is 13.9 Å². The third kappa shape index (κ3) is 5.26. The van der Waals surface area contributed by atoms with Gasteiger partial charge >= 0.3 is 7.82 Å². The van der Waals surface area contributed by atoms with Crippen molar-refractivity contribution in [2.75, 3.05) is 14.2 Å². The highest BCUT2D eigenvalue weighted by Crippen LogP contribution is 2.42. The zero-order chi connectivity index (χ0) is 16.8. The third-order valence-corrected chi connectivity index (χ3v) is 4.08. The molecule has 8 heteroatoms. The van der Waals surface area contributed by atoms with Gasteiger partial charge in [-0.2, -0.15) is 0 Å². The van der Waals surface area contributed by atoms with Crippen molar-refractivity contribution in [2.45, 2.75) is 25.8 Å². The number of benzene rings is 1. The van der Waals surface area contributed by atoms with E-state index in [9.17, 15) is 19.0 Å². The van der Waals surface area contributed by atoms with Crippen LogP contribution in [0.1, 0.15) is 18.9 Å². The van der Waals surface area contributed by atoms with Gasteiger partial charge in [0.2, 0.25) is 6.41 Å². The van der Waals surface area contributed by atoms with Crippen molar-refractivity contribution >= 4 is 20.0 Å². The second-order valence-electron chi connectivity index (χ2n) is 4.70. The van der Waals surface area contributed by atoms with Gasteiger partial charge in [0.15, 0.2) is 5.78 Å². The SMILES string of the molecule is CCC(=O)C(Cc1ccc(OP(=O)(O)OC)cc1)N(C)C=O. The minimum Gasteiger partial charge on any atom is -0.404 e. The van der Waals surface area contributed by atoms with E-state index in [1.165, 1.54) is 17.0 Å². The summed E-state index contributed by atoms with van der Waals surface area (Å²) in [7, 11) is -1.45. The second kappa shape index (κ2) is 8.08. The van der Waals surface area contributed by atoms with E-state index in [2.05, 4.69) is 4.52 Å². The first-order chi connectivity index (χ1) is 10.3. The number of carbonyl (C=O) groups is 2. The first kappa shape index (κ1) is 18.4. The van der Waals surface area contributed by atoms with Crippen LogP contribution in [0.2, 0.25) is 0 Å². The highest BCUT2D eigenvalue weighted by atomic mass is 31.2. The maximum Gasteiger partial charge on any atom is 0.527 e. The van der Waals surface area contributed by atoms with E-state index >= 15 is 0 Å². The van der Waals surface area contributed by atoms with Crippen LogP contribution in [0.5, 0.6) is 5.75 Å². The maximum absolute atomic E-state index is 11.9. The van der Waals surface area contributed by atoms with Crippen LogP contribution in [0.25, 0.3) is 0 Å². The van der Waals surface area contributed by atoms with Gasteiger partial charge in [-0.05, 0) is 24.1 Å². The number of ketones is 1. The molecule has 1 aromatic rings. The van der Waals surface area contributed by atoms with Crippen LogP contribution in [0, 0.1) is 0 Å². The number of hydrogen-bond donors (Lipinski definition) is 1. The number of phosphoric acid groups is 1. The average molecular weight is 329 g/mol. The molecule has 122 valence electrons. The summed E-state index contributed by atoms with van der Waals surface area (Å²) in [5.41, 5.74) is 0.804. The van der Waals surface area contributed by atoms with E-state index in [0.717, 1.165) is 12.7 Å². The van der Waals surface area contributed by atoms with E-state index in [-0.39, 0.29) is 11.5 Å². The fraction of sp³-hybridized carbons (Fsp3) is 0.429. The Labute approximate surface area is 129 Å². The molecule has 0 heterocycles. The van der Waals surface area contributed by atoms with Crippen molar-refractivity contribution < 1.29 is 28.1 Å². The molecular formula is C14H20NO6P. The molecule has 0 fully saturated rings. The van der Waals surface area contributed by atoms with Gasteiger partial charge in [-0.1, -0.05) is 19.1 Å². The van der Waals surface area contributed by atoms with Gasteiger partial charge in [-0.15, -0.1) is 0 Å². The fourth-order valence-corrected chi connectivity index (χ4v) is 2.34. The van der Waals surface area contributed by atoms with Crippen LogP contribution in [0.3, 0.4) is 0 Å². The second-order valence-corrected chi connectivity index (χ2v) is 6.18. The first-order valence-corrected chi connectivity index (χ1v) is 8.19. The lowest BCUT2D eigenvalue weighted by Gasteiger charge is -2.23. The Morgan fingerprint density at radius 3 is 2.45 bits per heavy atom.